The Balaban J connectivity index is 1.95. The number of amides is 1. The van der Waals surface area contributed by atoms with Crippen molar-refractivity contribution in [2.75, 3.05) is 27.4 Å². The number of nitrogens with zero attached hydrogens (tertiary/aromatic N) is 2. The van der Waals surface area contributed by atoms with Crippen LogP contribution in [0.25, 0.3) is 16.7 Å². The van der Waals surface area contributed by atoms with Crippen molar-refractivity contribution in [3.63, 3.8) is 0 Å². The number of para-hydroxylation sites is 1. The van der Waals surface area contributed by atoms with Gasteiger partial charge in [-0.25, -0.2) is 0 Å². The number of ether oxygens (including phenoxy) is 2. The zero-order chi connectivity index (χ0) is 23.0. The minimum atomic E-state index is -0.766. The van der Waals surface area contributed by atoms with Gasteiger partial charge in [-0.3, -0.25) is 9.59 Å². The summed E-state index contributed by atoms with van der Waals surface area (Å²) in [5.41, 5.74) is 2.06. The number of hydrogen-bond donors (Lipinski definition) is 1. The summed E-state index contributed by atoms with van der Waals surface area (Å²) < 4.78 is 12.4. The highest BCUT2D eigenvalue weighted by Gasteiger charge is 2.46. The number of aliphatic hydroxyl groups excluding tert-OH is 1. The monoisotopic (exact) mass is 454 g/mol. The number of aryl methyl sites for hydroxylation is 1. The topological polar surface area (TPSA) is 81.0 Å². The molecule has 1 saturated heterocycles. The number of aliphatic hydroxyl groups is 1. The molecule has 3 aromatic rings. The molecule has 0 aliphatic carbocycles. The van der Waals surface area contributed by atoms with Crippen molar-refractivity contribution >= 4 is 40.0 Å². The molecule has 2 heterocycles. The van der Waals surface area contributed by atoms with Crippen molar-refractivity contribution < 1.29 is 24.2 Å². The Morgan fingerprint density at radius 2 is 1.91 bits per heavy atom. The Morgan fingerprint density at radius 1 is 1.16 bits per heavy atom. The lowest BCUT2D eigenvalue weighted by molar-refractivity contribution is -0.140. The van der Waals surface area contributed by atoms with Gasteiger partial charge in [-0.15, -0.1) is 0 Å². The first-order valence-electron chi connectivity index (χ1n) is 10.0. The Labute approximate surface area is 190 Å². The van der Waals surface area contributed by atoms with E-state index in [2.05, 4.69) is 0 Å². The van der Waals surface area contributed by atoms with E-state index in [9.17, 15) is 14.7 Å². The summed E-state index contributed by atoms with van der Waals surface area (Å²) in [6.07, 6.45) is 1.89. The van der Waals surface area contributed by atoms with E-state index < -0.39 is 17.7 Å². The number of methoxy groups -OCH3 is 2. The van der Waals surface area contributed by atoms with Crippen LogP contribution >= 0.6 is 11.6 Å². The Morgan fingerprint density at radius 3 is 2.62 bits per heavy atom. The highest BCUT2D eigenvalue weighted by atomic mass is 35.5. The average Bonchev–Trinajstić information content (AvgIpc) is 3.26. The second kappa shape index (κ2) is 8.68. The predicted molar refractivity (Wildman–Crippen MR) is 122 cm³/mol. The third-order valence-corrected chi connectivity index (χ3v) is 6.04. The van der Waals surface area contributed by atoms with E-state index in [0.717, 1.165) is 16.5 Å². The van der Waals surface area contributed by atoms with Crippen LogP contribution in [0.4, 0.5) is 0 Å². The molecule has 1 aliphatic rings. The lowest BCUT2D eigenvalue weighted by Crippen LogP contribution is -2.32. The van der Waals surface area contributed by atoms with Gasteiger partial charge in [0.2, 0.25) is 0 Å². The van der Waals surface area contributed by atoms with Crippen LogP contribution in [-0.2, 0) is 21.4 Å². The number of rotatable bonds is 6. The number of Topliss-reactive ketones (excluding diaryl/α,β-unsaturated/α-hetero) is 1. The molecule has 1 N–H and O–H groups in total. The minimum absolute atomic E-state index is 0.0202. The predicted octanol–water partition coefficient (Wildman–Crippen LogP) is 3.91. The molecule has 4 rings (SSSR count). The van der Waals surface area contributed by atoms with Crippen molar-refractivity contribution in [1.82, 2.24) is 9.47 Å². The third kappa shape index (κ3) is 3.53. The molecule has 0 bridgehead atoms. The molecule has 7 nitrogen and oxygen atoms in total. The van der Waals surface area contributed by atoms with E-state index in [-0.39, 0.29) is 24.5 Å². The van der Waals surface area contributed by atoms with Crippen molar-refractivity contribution in [3.8, 4) is 5.75 Å². The van der Waals surface area contributed by atoms with Crippen molar-refractivity contribution in [1.29, 1.82) is 0 Å². The highest BCUT2D eigenvalue weighted by molar-refractivity contribution is 6.46. The number of fused-ring (bicyclic) bond motifs is 1. The van der Waals surface area contributed by atoms with E-state index in [1.807, 2.05) is 42.1 Å². The van der Waals surface area contributed by atoms with Gasteiger partial charge < -0.3 is 24.0 Å². The summed E-state index contributed by atoms with van der Waals surface area (Å²) >= 11 is 6.12. The summed E-state index contributed by atoms with van der Waals surface area (Å²) in [5.74, 6) is -1.35. The largest absolute Gasteiger partial charge is 0.507 e. The van der Waals surface area contributed by atoms with E-state index in [1.54, 1.807) is 18.2 Å². The maximum Gasteiger partial charge on any atom is 0.295 e. The van der Waals surface area contributed by atoms with E-state index in [4.69, 9.17) is 21.1 Å². The standard InChI is InChI=1S/C24H23ClN2O5/c1-26-13-16(15-6-4-5-7-18(15)26)21-20(23(29)24(30)27(21)10-11-31-2)22(28)14-8-9-17(25)19(12-14)32-3/h4-9,12-13,21,28H,10-11H2,1-3H3/b22-20+. The fourth-order valence-electron chi connectivity index (χ4n) is 4.18. The number of carbonyl (C=O) groups excluding carboxylic acids is 2. The number of ketones is 1. The lowest BCUT2D eigenvalue weighted by Gasteiger charge is -2.24. The maximum atomic E-state index is 13.1. The molecule has 1 aromatic heterocycles. The van der Waals surface area contributed by atoms with E-state index in [1.165, 1.54) is 19.1 Å². The summed E-state index contributed by atoms with van der Waals surface area (Å²) in [5, 5.41) is 12.5. The average molecular weight is 455 g/mol. The first-order valence-corrected chi connectivity index (χ1v) is 10.4. The number of aromatic nitrogens is 1. The van der Waals surface area contributed by atoms with Crippen LogP contribution in [0.2, 0.25) is 5.02 Å². The summed E-state index contributed by atoms with van der Waals surface area (Å²) in [4.78, 5) is 27.6. The number of hydrogen-bond acceptors (Lipinski definition) is 5. The van der Waals surface area contributed by atoms with E-state index >= 15 is 0 Å². The van der Waals surface area contributed by atoms with Crippen LogP contribution in [0, 0.1) is 0 Å². The van der Waals surface area contributed by atoms with E-state index in [0.29, 0.717) is 16.3 Å². The summed E-state index contributed by atoms with van der Waals surface area (Å²) in [7, 11) is 4.89. The van der Waals surface area contributed by atoms with Gasteiger partial charge in [-0.05, 0) is 24.3 Å². The smallest absolute Gasteiger partial charge is 0.295 e. The number of likely N-dealkylation sites (tertiary alicyclic amines) is 1. The first-order chi connectivity index (χ1) is 15.4. The Kier molecular flexibility index (Phi) is 5.95. The molecule has 1 fully saturated rings. The zero-order valence-corrected chi connectivity index (χ0v) is 18.7. The second-order valence-corrected chi connectivity index (χ2v) is 7.95. The van der Waals surface area contributed by atoms with Crippen LogP contribution in [0.1, 0.15) is 17.2 Å². The molecule has 0 saturated carbocycles. The molecule has 2 aromatic carbocycles. The third-order valence-electron chi connectivity index (χ3n) is 5.72. The van der Waals surface area contributed by atoms with Crippen LogP contribution in [0.3, 0.4) is 0 Å². The molecular formula is C24H23ClN2O5. The minimum Gasteiger partial charge on any atom is -0.507 e. The molecule has 1 aliphatic heterocycles. The van der Waals surface area contributed by atoms with Gasteiger partial charge in [0.1, 0.15) is 11.5 Å². The Hall–Kier alpha value is -3.29. The van der Waals surface area contributed by atoms with Crippen LogP contribution in [-0.4, -0.2) is 53.6 Å². The molecule has 0 spiro atoms. The molecule has 1 atom stereocenters. The molecule has 1 unspecified atom stereocenters. The second-order valence-electron chi connectivity index (χ2n) is 7.55. The molecule has 1 amide bonds. The number of halogens is 1. The van der Waals surface area contributed by atoms with Gasteiger partial charge in [0.25, 0.3) is 11.7 Å². The molecule has 166 valence electrons. The van der Waals surface area contributed by atoms with Gasteiger partial charge in [-0.1, -0.05) is 29.8 Å². The van der Waals surface area contributed by atoms with Gasteiger partial charge in [0.05, 0.1) is 30.4 Å². The molecule has 8 heteroatoms. The number of benzene rings is 2. The lowest BCUT2D eigenvalue weighted by atomic mass is 9.95. The SMILES string of the molecule is COCCN1C(=O)C(=O)/C(=C(/O)c2ccc(Cl)c(OC)c2)C1c1cn(C)c2ccccc12. The van der Waals surface area contributed by atoms with Crippen molar-refractivity contribution in [2.45, 2.75) is 6.04 Å². The number of carbonyl (C=O) groups is 2. The molecule has 0 radical (unpaired) electrons. The zero-order valence-electron chi connectivity index (χ0n) is 18.0. The summed E-state index contributed by atoms with van der Waals surface area (Å²) in [6, 6.07) is 11.7. The van der Waals surface area contributed by atoms with Crippen molar-refractivity contribution in [3.05, 3.63) is 70.4 Å². The van der Waals surface area contributed by atoms with Gasteiger partial charge in [-0.2, -0.15) is 0 Å². The van der Waals surface area contributed by atoms with Crippen LogP contribution in [0.15, 0.2) is 54.2 Å². The van der Waals surface area contributed by atoms with Gasteiger partial charge in [0.15, 0.2) is 0 Å². The summed E-state index contributed by atoms with van der Waals surface area (Å²) in [6.45, 7) is 0.457. The fourth-order valence-corrected chi connectivity index (χ4v) is 4.37. The van der Waals surface area contributed by atoms with Crippen molar-refractivity contribution in [2.24, 2.45) is 7.05 Å². The molecule has 32 heavy (non-hydrogen) atoms. The first kappa shape index (κ1) is 21.9. The molecular weight excluding hydrogens is 432 g/mol. The highest BCUT2D eigenvalue weighted by Crippen LogP contribution is 2.42. The van der Waals surface area contributed by atoms with Gasteiger partial charge in [0, 0.05) is 48.9 Å². The quantitative estimate of drug-likeness (QED) is 0.347. The fraction of sp³-hybridized carbons (Fsp3) is 0.250. The Bertz CT molecular complexity index is 1250. The van der Waals surface area contributed by atoms with Crippen LogP contribution < -0.4 is 4.74 Å². The van der Waals surface area contributed by atoms with Gasteiger partial charge >= 0.3 is 0 Å². The maximum absolute atomic E-state index is 13.1. The normalized spacial score (nSPS) is 18.0. The van der Waals surface area contributed by atoms with Crippen LogP contribution in [0.5, 0.6) is 5.75 Å².